The third-order valence-corrected chi connectivity index (χ3v) is 4.48. The smallest absolute Gasteiger partial charge is 0.261 e. The van der Waals surface area contributed by atoms with Crippen LogP contribution in [0.25, 0.3) is 0 Å². The first-order valence-electron chi connectivity index (χ1n) is 7.67. The Labute approximate surface area is 149 Å². The molecule has 2 amide bonds. The number of benzene rings is 2. The standard InChI is InChI=1S/C18H17NO5S/c1-22-14-5-3-2-4-13(14)18(21)19-17(20)11-25-12-6-7-15-16(10-12)24-9-8-23-15/h2-7,10H,8-9,11H2,1H3,(H,19,20,21). The highest BCUT2D eigenvalue weighted by Crippen LogP contribution is 2.34. The summed E-state index contributed by atoms with van der Waals surface area (Å²) in [4.78, 5) is 25.1. The number of imide groups is 1. The molecule has 0 unspecified atom stereocenters. The molecular formula is C18H17NO5S. The lowest BCUT2D eigenvalue weighted by Gasteiger charge is -2.18. The third-order valence-electron chi connectivity index (χ3n) is 3.49. The summed E-state index contributed by atoms with van der Waals surface area (Å²) < 4.78 is 16.1. The highest BCUT2D eigenvalue weighted by Gasteiger charge is 2.16. The Bertz CT molecular complexity index is 793. The monoisotopic (exact) mass is 359 g/mol. The van der Waals surface area contributed by atoms with Crippen molar-refractivity contribution in [1.82, 2.24) is 5.32 Å². The van der Waals surface area contributed by atoms with Crippen LogP contribution in [0, 0.1) is 0 Å². The summed E-state index contributed by atoms with van der Waals surface area (Å²) in [5.41, 5.74) is 0.322. The Morgan fingerprint density at radius 2 is 1.88 bits per heavy atom. The molecule has 2 aromatic carbocycles. The molecule has 2 aromatic rings. The van der Waals surface area contributed by atoms with E-state index < -0.39 is 5.91 Å². The zero-order valence-electron chi connectivity index (χ0n) is 13.6. The van der Waals surface area contributed by atoms with Gasteiger partial charge in [0, 0.05) is 4.90 Å². The van der Waals surface area contributed by atoms with Crippen molar-refractivity contribution >= 4 is 23.6 Å². The Balaban J connectivity index is 1.57. The largest absolute Gasteiger partial charge is 0.496 e. The Morgan fingerprint density at radius 3 is 2.68 bits per heavy atom. The molecule has 25 heavy (non-hydrogen) atoms. The minimum absolute atomic E-state index is 0.112. The first-order valence-corrected chi connectivity index (χ1v) is 8.65. The molecule has 0 fully saturated rings. The number of hydrogen-bond donors (Lipinski definition) is 1. The van der Waals surface area contributed by atoms with Crippen LogP contribution in [0.2, 0.25) is 0 Å². The van der Waals surface area contributed by atoms with Gasteiger partial charge < -0.3 is 14.2 Å². The number of carbonyl (C=O) groups excluding carboxylic acids is 2. The van der Waals surface area contributed by atoms with Gasteiger partial charge in [0.15, 0.2) is 11.5 Å². The number of amides is 2. The number of hydrogen-bond acceptors (Lipinski definition) is 6. The summed E-state index contributed by atoms with van der Waals surface area (Å²) >= 11 is 1.32. The molecule has 1 N–H and O–H groups in total. The second-order valence-corrected chi connectivity index (χ2v) is 6.22. The van der Waals surface area contributed by atoms with Gasteiger partial charge in [-0.05, 0) is 30.3 Å². The van der Waals surface area contributed by atoms with E-state index in [1.54, 1.807) is 24.3 Å². The maximum atomic E-state index is 12.2. The minimum Gasteiger partial charge on any atom is -0.496 e. The lowest BCUT2D eigenvalue weighted by molar-refractivity contribution is -0.117. The van der Waals surface area contributed by atoms with Gasteiger partial charge in [-0.15, -0.1) is 11.8 Å². The first kappa shape index (κ1) is 17.2. The summed E-state index contributed by atoms with van der Waals surface area (Å²) in [6, 6.07) is 12.2. The SMILES string of the molecule is COc1ccccc1C(=O)NC(=O)CSc1ccc2c(c1)OCCO2. The summed E-state index contributed by atoms with van der Waals surface area (Å²) in [5.74, 6) is 1.04. The van der Waals surface area contributed by atoms with E-state index in [1.165, 1.54) is 18.9 Å². The minimum atomic E-state index is -0.481. The van der Waals surface area contributed by atoms with E-state index >= 15 is 0 Å². The van der Waals surface area contributed by atoms with Gasteiger partial charge in [-0.1, -0.05) is 12.1 Å². The highest BCUT2D eigenvalue weighted by atomic mass is 32.2. The molecule has 0 aliphatic carbocycles. The average molecular weight is 359 g/mol. The second kappa shape index (κ2) is 7.94. The van der Waals surface area contributed by atoms with Crippen molar-refractivity contribution in [2.75, 3.05) is 26.1 Å². The summed E-state index contributed by atoms with van der Waals surface area (Å²) in [6.45, 7) is 1.04. The summed E-state index contributed by atoms with van der Waals surface area (Å²) in [7, 11) is 1.48. The van der Waals surface area contributed by atoms with E-state index in [2.05, 4.69) is 5.32 Å². The highest BCUT2D eigenvalue weighted by molar-refractivity contribution is 8.00. The van der Waals surface area contributed by atoms with Gasteiger partial charge in [0.25, 0.3) is 5.91 Å². The molecule has 0 radical (unpaired) electrons. The fourth-order valence-electron chi connectivity index (χ4n) is 2.32. The van der Waals surface area contributed by atoms with E-state index in [0.717, 1.165) is 4.90 Å². The topological polar surface area (TPSA) is 73.9 Å². The zero-order chi connectivity index (χ0) is 17.6. The van der Waals surface area contributed by atoms with Crippen LogP contribution in [-0.4, -0.2) is 37.9 Å². The van der Waals surface area contributed by atoms with Gasteiger partial charge in [-0.3, -0.25) is 14.9 Å². The normalized spacial score (nSPS) is 12.4. The van der Waals surface area contributed by atoms with Crippen molar-refractivity contribution in [1.29, 1.82) is 0 Å². The van der Waals surface area contributed by atoms with Gasteiger partial charge >= 0.3 is 0 Å². The summed E-state index contributed by atoms with van der Waals surface area (Å²) in [6.07, 6.45) is 0. The maximum absolute atomic E-state index is 12.2. The van der Waals surface area contributed by atoms with Crippen molar-refractivity contribution in [2.24, 2.45) is 0 Å². The van der Waals surface area contributed by atoms with E-state index in [9.17, 15) is 9.59 Å². The second-order valence-electron chi connectivity index (χ2n) is 5.17. The fourth-order valence-corrected chi connectivity index (χ4v) is 3.05. The van der Waals surface area contributed by atoms with Crippen molar-refractivity contribution in [3.05, 3.63) is 48.0 Å². The molecular weight excluding hydrogens is 342 g/mol. The van der Waals surface area contributed by atoms with Crippen LogP contribution in [0.5, 0.6) is 17.2 Å². The van der Waals surface area contributed by atoms with E-state index in [0.29, 0.717) is 36.0 Å². The lowest BCUT2D eigenvalue weighted by atomic mass is 10.2. The number of nitrogens with one attached hydrogen (secondary N) is 1. The van der Waals surface area contributed by atoms with Gasteiger partial charge in [0.05, 0.1) is 18.4 Å². The molecule has 1 aliphatic rings. The molecule has 130 valence electrons. The quantitative estimate of drug-likeness (QED) is 0.827. The lowest BCUT2D eigenvalue weighted by Crippen LogP contribution is -2.32. The molecule has 0 saturated carbocycles. The first-order chi connectivity index (χ1) is 12.2. The van der Waals surface area contributed by atoms with Crippen LogP contribution >= 0.6 is 11.8 Å². The fraction of sp³-hybridized carbons (Fsp3) is 0.222. The van der Waals surface area contributed by atoms with Crippen LogP contribution in [0.4, 0.5) is 0 Å². The molecule has 6 nitrogen and oxygen atoms in total. The van der Waals surface area contributed by atoms with Gasteiger partial charge in [-0.2, -0.15) is 0 Å². The molecule has 7 heteroatoms. The van der Waals surface area contributed by atoms with E-state index in [-0.39, 0.29) is 11.7 Å². The van der Waals surface area contributed by atoms with Crippen LogP contribution in [-0.2, 0) is 4.79 Å². The number of para-hydroxylation sites is 1. The Hall–Kier alpha value is -2.67. The van der Waals surface area contributed by atoms with Gasteiger partial charge in [0.1, 0.15) is 19.0 Å². The maximum Gasteiger partial charge on any atom is 0.261 e. The number of thioether (sulfide) groups is 1. The zero-order valence-corrected chi connectivity index (χ0v) is 14.4. The van der Waals surface area contributed by atoms with Crippen LogP contribution < -0.4 is 19.5 Å². The molecule has 0 atom stereocenters. The number of carbonyl (C=O) groups is 2. The Kier molecular flexibility index (Phi) is 5.45. The molecule has 1 aliphatic heterocycles. The average Bonchev–Trinajstić information content (AvgIpc) is 2.66. The van der Waals surface area contributed by atoms with Crippen molar-refractivity contribution < 1.29 is 23.8 Å². The van der Waals surface area contributed by atoms with Crippen LogP contribution in [0.1, 0.15) is 10.4 Å². The van der Waals surface area contributed by atoms with E-state index in [4.69, 9.17) is 14.2 Å². The van der Waals surface area contributed by atoms with Crippen molar-refractivity contribution in [3.63, 3.8) is 0 Å². The molecule has 0 spiro atoms. The predicted molar refractivity (Wildman–Crippen MR) is 93.6 cm³/mol. The number of fused-ring (bicyclic) bond motifs is 1. The van der Waals surface area contributed by atoms with Gasteiger partial charge in [-0.25, -0.2) is 0 Å². The number of ether oxygens (including phenoxy) is 3. The molecule has 0 bridgehead atoms. The third kappa shape index (κ3) is 4.24. The van der Waals surface area contributed by atoms with E-state index in [1.807, 2.05) is 18.2 Å². The molecule has 0 aromatic heterocycles. The Morgan fingerprint density at radius 1 is 1.12 bits per heavy atom. The number of rotatable bonds is 5. The molecule has 3 rings (SSSR count). The van der Waals surface area contributed by atoms with Crippen LogP contribution in [0.3, 0.4) is 0 Å². The molecule has 0 saturated heterocycles. The van der Waals surface area contributed by atoms with Crippen LogP contribution in [0.15, 0.2) is 47.4 Å². The molecule has 1 heterocycles. The predicted octanol–water partition coefficient (Wildman–Crippen LogP) is 2.52. The van der Waals surface area contributed by atoms with Gasteiger partial charge in [0.2, 0.25) is 5.91 Å². The van der Waals surface area contributed by atoms with Crippen molar-refractivity contribution in [3.8, 4) is 17.2 Å². The summed E-state index contributed by atoms with van der Waals surface area (Å²) in [5, 5.41) is 2.37. The van der Waals surface area contributed by atoms with Crippen molar-refractivity contribution in [2.45, 2.75) is 4.90 Å². The number of methoxy groups -OCH3 is 1.